The Morgan fingerprint density at radius 3 is 2.14 bits per heavy atom. The summed E-state index contributed by atoms with van der Waals surface area (Å²) in [5, 5.41) is 1.20. The zero-order valence-corrected chi connectivity index (χ0v) is 17.3. The maximum absolute atomic E-state index is 4.77. The summed E-state index contributed by atoms with van der Waals surface area (Å²) in [4.78, 5) is 6.08. The molecule has 0 aliphatic heterocycles. The first kappa shape index (κ1) is 17.8. The second-order valence-electron chi connectivity index (χ2n) is 7.43. The van der Waals surface area contributed by atoms with Crippen LogP contribution in [0.1, 0.15) is 11.1 Å². The van der Waals surface area contributed by atoms with Crippen molar-refractivity contribution < 1.29 is 0 Å². The molecule has 0 bridgehead atoms. The molecule has 0 atom stereocenters. The van der Waals surface area contributed by atoms with E-state index in [-0.39, 0.29) is 0 Å². The smallest absolute Gasteiger partial charge is 0.0716 e. The molecule has 5 rings (SSSR count). The largest absolute Gasteiger partial charge is 0.256 e. The summed E-state index contributed by atoms with van der Waals surface area (Å²) < 4.78 is 1.28. The van der Waals surface area contributed by atoms with Crippen LogP contribution in [-0.4, -0.2) is 4.98 Å². The zero-order chi connectivity index (χ0) is 19.8. The first-order valence-electron chi connectivity index (χ1n) is 9.81. The quantitative estimate of drug-likeness (QED) is 0.304. The van der Waals surface area contributed by atoms with Crippen LogP contribution in [0.15, 0.2) is 91.1 Å². The number of fused-ring (bicyclic) bond motifs is 1. The van der Waals surface area contributed by atoms with Gasteiger partial charge in [-0.15, -0.1) is 11.3 Å². The van der Waals surface area contributed by atoms with E-state index >= 15 is 0 Å². The van der Waals surface area contributed by atoms with Gasteiger partial charge >= 0.3 is 0 Å². The number of pyridine rings is 1. The minimum absolute atomic E-state index is 1.02. The van der Waals surface area contributed by atoms with Crippen molar-refractivity contribution in [2.45, 2.75) is 13.8 Å². The van der Waals surface area contributed by atoms with Crippen molar-refractivity contribution in [3.05, 3.63) is 102 Å². The second kappa shape index (κ2) is 7.31. The molecular weight excluding hydrogens is 370 g/mol. The molecule has 0 saturated carbocycles. The van der Waals surface area contributed by atoms with Gasteiger partial charge in [0.25, 0.3) is 0 Å². The van der Waals surface area contributed by atoms with E-state index in [1.165, 1.54) is 42.8 Å². The first-order valence-corrected chi connectivity index (χ1v) is 10.6. The highest BCUT2D eigenvalue weighted by Crippen LogP contribution is 2.38. The molecule has 0 spiro atoms. The summed E-state index contributed by atoms with van der Waals surface area (Å²) >= 11 is 1.85. The van der Waals surface area contributed by atoms with Crippen LogP contribution in [0.3, 0.4) is 0 Å². The minimum Gasteiger partial charge on any atom is -0.256 e. The van der Waals surface area contributed by atoms with E-state index in [0.717, 1.165) is 11.3 Å². The Hall–Kier alpha value is -3.23. The van der Waals surface area contributed by atoms with Crippen LogP contribution < -0.4 is 0 Å². The van der Waals surface area contributed by atoms with Gasteiger partial charge in [-0.3, -0.25) is 4.98 Å². The van der Waals surface area contributed by atoms with Gasteiger partial charge in [0.1, 0.15) is 0 Å². The fourth-order valence-electron chi connectivity index (χ4n) is 3.91. The second-order valence-corrected chi connectivity index (χ2v) is 8.52. The van der Waals surface area contributed by atoms with Gasteiger partial charge in [0.15, 0.2) is 0 Å². The lowest BCUT2D eigenvalue weighted by Crippen LogP contribution is -1.84. The Morgan fingerprint density at radius 1 is 0.655 bits per heavy atom. The van der Waals surface area contributed by atoms with Crippen molar-refractivity contribution in [2.75, 3.05) is 0 Å². The van der Waals surface area contributed by atoms with Gasteiger partial charge in [0.05, 0.1) is 5.69 Å². The summed E-state index contributed by atoms with van der Waals surface area (Å²) in [7, 11) is 0. The number of benzene rings is 3. The number of aryl methyl sites for hydroxylation is 2. The van der Waals surface area contributed by atoms with E-state index in [2.05, 4.69) is 92.7 Å². The number of rotatable bonds is 3. The highest BCUT2D eigenvalue weighted by atomic mass is 32.1. The maximum Gasteiger partial charge on any atom is 0.0716 e. The Labute approximate surface area is 175 Å². The fourth-order valence-corrected chi connectivity index (χ4v) is 5.15. The van der Waals surface area contributed by atoms with Gasteiger partial charge in [0, 0.05) is 26.7 Å². The maximum atomic E-state index is 4.77. The molecular formula is C27H21NS. The Kier molecular flexibility index (Phi) is 4.49. The molecule has 0 radical (unpaired) electrons. The van der Waals surface area contributed by atoms with Crippen LogP contribution in [-0.2, 0) is 0 Å². The lowest BCUT2D eigenvalue weighted by molar-refractivity contribution is 1.36. The van der Waals surface area contributed by atoms with E-state index in [1.54, 1.807) is 0 Å². The molecule has 29 heavy (non-hydrogen) atoms. The molecule has 140 valence electrons. The van der Waals surface area contributed by atoms with Crippen LogP contribution in [0.25, 0.3) is 42.9 Å². The standard InChI is InChI=1S/C27H21NS/c1-18-8-6-9-19(2)27(18)26-15-23-17-28-24(16-25(23)29-26)22-13-7-12-21(14-22)20-10-4-3-5-11-20/h3-17H,1-2H3. The van der Waals surface area contributed by atoms with E-state index in [4.69, 9.17) is 4.98 Å². The first-order chi connectivity index (χ1) is 14.2. The number of hydrogen-bond donors (Lipinski definition) is 0. The summed E-state index contributed by atoms with van der Waals surface area (Å²) in [6.45, 7) is 4.37. The van der Waals surface area contributed by atoms with Gasteiger partial charge in [-0.25, -0.2) is 0 Å². The average molecular weight is 392 g/mol. The number of thiophene rings is 1. The molecule has 2 heterocycles. The Bertz CT molecular complexity index is 1290. The minimum atomic E-state index is 1.02. The lowest BCUT2D eigenvalue weighted by Gasteiger charge is -2.06. The molecule has 0 aliphatic carbocycles. The van der Waals surface area contributed by atoms with Crippen molar-refractivity contribution in [3.8, 4) is 32.8 Å². The molecule has 0 aliphatic rings. The highest BCUT2D eigenvalue weighted by molar-refractivity contribution is 7.22. The third-order valence-corrected chi connectivity index (χ3v) is 6.51. The van der Waals surface area contributed by atoms with Crippen molar-refractivity contribution in [3.63, 3.8) is 0 Å². The normalized spacial score (nSPS) is 11.1. The highest BCUT2D eigenvalue weighted by Gasteiger charge is 2.11. The number of nitrogens with zero attached hydrogens (tertiary/aromatic N) is 1. The van der Waals surface area contributed by atoms with Crippen LogP contribution in [0.5, 0.6) is 0 Å². The summed E-state index contributed by atoms with van der Waals surface area (Å²) in [6.07, 6.45) is 2.01. The van der Waals surface area contributed by atoms with Gasteiger partial charge in [-0.2, -0.15) is 0 Å². The van der Waals surface area contributed by atoms with Crippen molar-refractivity contribution in [1.82, 2.24) is 4.98 Å². The fraction of sp³-hybridized carbons (Fsp3) is 0.0741. The molecule has 0 fully saturated rings. The summed E-state index contributed by atoms with van der Waals surface area (Å²) in [5.41, 5.74) is 8.60. The van der Waals surface area contributed by atoms with Crippen molar-refractivity contribution >= 4 is 21.4 Å². The molecule has 1 nitrogen and oxygen atoms in total. The molecule has 0 N–H and O–H groups in total. The van der Waals surface area contributed by atoms with Crippen LogP contribution in [0, 0.1) is 13.8 Å². The van der Waals surface area contributed by atoms with Crippen molar-refractivity contribution in [1.29, 1.82) is 0 Å². The third-order valence-electron chi connectivity index (χ3n) is 5.39. The lowest BCUT2D eigenvalue weighted by atomic mass is 10.0. The molecule has 0 saturated heterocycles. The molecule has 0 unspecified atom stereocenters. The number of aromatic nitrogens is 1. The molecule has 2 heteroatoms. The van der Waals surface area contributed by atoms with E-state index in [1.807, 2.05) is 23.6 Å². The molecule has 5 aromatic rings. The van der Waals surface area contributed by atoms with E-state index in [0.29, 0.717) is 0 Å². The van der Waals surface area contributed by atoms with E-state index in [9.17, 15) is 0 Å². The van der Waals surface area contributed by atoms with Gasteiger partial charge in [-0.1, -0.05) is 66.7 Å². The summed E-state index contributed by atoms with van der Waals surface area (Å²) in [6, 6.07) is 30.1. The summed E-state index contributed by atoms with van der Waals surface area (Å²) in [5.74, 6) is 0. The average Bonchev–Trinajstić information content (AvgIpc) is 3.17. The van der Waals surface area contributed by atoms with Crippen LogP contribution in [0.4, 0.5) is 0 Å². The predicted molar refractivity (Wildman–Crippen MR) is 125 cm³/mol. The van der Waals surface area contributed by atoms with Gasteiger partial charge < -0.3 is 0 Å². The predicted octanol–water partition coefficient (Wildman–Crippen LogP) is 7.91. The monoisotopic (exact) mass is 391 g/mol. The molecule has 2 aromatic heterocycles. The Morgan fingerprint density at radius 2 is 1.34 bits per heavy atom. The molecule has 0 amide bonds. The van der Waals surface area contributed by atoms with Crippen LogP contribution in [0.2, 0.25) is 0 Å². The SMILES string of the molecule is Cc1cccc(C)c1-c1cc2cnc(-c3cccc(-c4ccccc4)c3)cc2s1. The van der Waals surface area contributed by atoms with E-state index < -0.39 is 0 Å². The Balaban J connectivity index is 1.58. The third kappa shape index (κ3) is 3.37. The van der Waals surface area contributed by atoms with Gasteiger partial charge in [-0.05, 0) is 59.9 Å². The zero-order valence-electron chi connectivity index (χ0n) is 16.5. The van der Waals surface area contributed by atoms with Crippen molar-refractivity contribution in [2.24, 2.45) is 0 Å². The van der Waals surface area contributed by atoms with Gasteiger partial charge in [0.2, 0.25) is 0 Å². The molecule has 3 aromatic carbocycles. The topological polar surface area (TPSA) is 12.9 Å². The van der Waals surface area contributed by atoms with Crippen LogP contribution >= 0.6 is 11.3 Å². The number of hydrogen-bond acceptors (Lipinski definition) is 2.